The van der Waals surface area contributed by atoms with Gasteiger partial charge in [0.25, 0.3) is 5.91 Å². The van der Waals surface area contributed by atoms with Crippen LogP contribution in [0.4, 0.5) is 4.39 Å². The number of fused-ring (bicyclic) bond motifs is 1. The number of carbonyl (C=O) groups is 1. The first kappa shape index (κ1) is 24.3. The first-order valence-corrected chi connectivity index (χ1v) is 12.1. The van der Waals surface area contributed by atoms with Crippen molar-refractivity contribution in [2.75, 3.05) is 6.61 Å². The number of amides is 1. The SMILES string of the molecule is C[C@@H](NC(=O)c1nn(-c2ccc(Cl)cc2Cl)c2c1COC/C2=C\c1ccc(F)cc1)c1ccccc1. The summed E-state index contributed by atoms with van der Waals surface area (Å²) >= 11 is 12.7. The van der Waals surface area contributed by atoms with Gasteiger partial charge in [0.1, 0.15) is 5.82 Å². The molecule has 0 unspecified atom stereocenters. The van der Waals surface area contributed by atoms with Gasteiger partial charge in [0.05, 0.1) is 35.7 Å². The Morgan fingerprint density at radius 1 is 1.08 bits per heavy atom. The van der Waals surface area contributed by atoms with Gasteiger partial charge in [0.2, 0.25) is 0 Å². The van der Waals surface area contributed by atoms with E-state index in [4.69, 9.17) is 33.0 Å². The number of nitrogens with zero attached hydrogens (tertiary/aromatic N) is 2. The second-order valence-corrected chi connectivity index (χ2v) is 9.35. The van der Waals surface area contributed by atoms with Crippen molar-refractivity contribution in [1.29, 1.82) is 0 Å². The zero-order valence-electron chi connectivity index (χ0n) is 19.3. The van der Waals surface area contributed by atoms with Crippen LogP contribution in [0.5, 0.6) is 0 Å². The van der Waals surface area contributed by atoms with E-state index < -0.39 is 0 Å². The summed E-state index contributed by atoms with van der Waals surface area (Å²) in [5.41, 5.74) is 4.76. The van der Waals surface area contributed by atoms with E-state index in [2.05, 4.69) is 5.32 Å². The van der Waals surface area contributed by atoms with Gasteiger partial charge in [-0.05, 0) is 54.5 Å². The maximum atomic E-state index is 13.5. The Bertz CT molecular complexity index is 1450. The highest BCUT2D eigenvalue weighted by atomic mass is 35.5. The second-order valence-electron chi connectivity index (χ2n) is 8.50. The van der Waals surface area contributed by atoms with Crippen LogP contribution in [0.1, 0.15) is 45.8 Å². The Labute approximate surface area is 218 Å². The van der Waals surface area contributed by atoms with Crippen molar-refractivity contribution in [3.63, 3.8) is 0 Å². The minimum atomic E-state index is -0.321. The van der Waals surface area contributed by atoms with Gasteiger partial charge in [-0.1, -0.05) is 65.7 Å². The van der Waals surface area contributed by atoms with Crippen LogP contribution in [0, 0.1) is 5.82 Å². The third kappa shape index (κ3) is 4.93. The predicted molar refractivity (Wildman–Crippen MR) is 140 cm³/mol. The Morgan fingerprint density at radius 3 is 2.56 bits per heavy atom. The fourth-order valence-corrected chi connectivity index (χ4v) is 4.71. The van der Waals surface area contributed by atoms with E-state index in [1.54, 1.807) is 35.0 Å². The molecule has 4 aromatic rings. The monoisotopic (exact) mass is 521 g/mol. The third-order valence-electron chi connectivity index (χ3n) is 6.00. The molecule has 1 aliphatic heterocycles. The lowest BCUT2D eigenvalue weighted by Crippen LogP contribution is -2.28. The van der Waals surface area contributed by atoms with E-state index in [0.29, 0.717) is 33.6 Å². The molecule has 182 valence electrons. The van der Waals surface area contributed by atoms with Crippen LogP contribution in [-0.2, 0) is 11.3 Å². The van der Waals surface area contributed by atoms with Crippen LogP contribution < -0.4 is 5.32 Å². The Balaban J connectivity index is 1.61. The number of hydrogen-bond donors (Lipinski definition) is 1. The molecule has 2 heterocycles. The van der Waals surface area contributed by atoms with Crippen molar-refractivity contribution < 1.29 is 13.9 Å². The minimum absolute atomic E-state index is 0.212. The van der Waals surface area contributed by atoms with Gasteiger partial charge in [-0.15, -0.1) is 0 Å². The molecule has 1 aromatic heterocycles. The summed E-state index contributed by atoms with van der Waals surface area (Å²) in [6.45, 7) is 2.43. The molecule has 1 N–H and O–H groups in total. The smallest absolute Gasteiger partial charge is 0.272 e. The second kappa shape index (κ2) is 10.3. The van der Waals surface area contributed by atoms with Crippen LogP contribution >= 0.6 is 23.2 Å². The number of rotatable bonds is 5. The van der Waals surface area contributed by atoms with Gasteiger partial charge in [0.15, 0.2) is 5.69 Å². The van der Waals surface area contributed by atoms with Gasteiger partial charge in [-0.2, -0.15) is 5.10 Å². The quantitative estimate of drug-likeness (QED) is 0.311. The largest absolute Gasteiger partial charge is 0.372 e. The molecular weight excluding hydrogens is 500 g/mol. The lowest BCUT2D eigenvalue weighted by molar-refractivity contribution is 0.0926. The van der Waals surface area contributed by atoms with E-state index in [-0.39, 0.29) is 30.1 Å². The van der Waals surface area contributed by atoms with Crippen LogP contribution in [0.25, 0.3) is 17.3 Å². The molecule has 3 aromatic carbocycles. The van der Waals surface area contributed by atoms with E-state index >= 15 is 0 Å². The van der Waals surface area contributed by atoms with Crippen LogP contribution in [0.2, 0.25) is 10.0 Å². The molecule has 0 fully saturated rings. The highest BCUT2D eigenvalue weighted by Crippen LogP contribution is 2.35. The van der Waals surface area contributed by atoms with Gasteiger partial charge in [0, 0.05) is 16.2 Å². The third-order valence-corrected chi connectivity index (χ3v) is 6.54. The van der Waals surface area contributed by atoms with Gasteiger partial charge >= 0.3 is 0 Å². The molecule has 5 rings (SSSR count). The van der Waals surface area contributed by atoms with Crippen LogP contribution in [0.15, 0.2) is 72.8 Å². The lowest BCUT2D eigenvalue weighted by Gasteiger charge is -2.20. The predicted octanol–water partition coefficient (Wildman–Crippen LogP) is 6.88. The van der Waals surface area contributed by atoms with Gasteiger partial charge < -0.3 is 10.1 Å². The molecule has 0 saturated heterocycles. The molecule has 5 nitrogen and oxygen atoms in total. The summed E-state index contributed by atoms with van der Waals surface area (Å²) in [7, 11) is 0. The molecule has 8 heteroatoms. The standard InChI is InChI=1S/C28H22Cl2FN3O2/c1-17(19-5-3-2-4-6-19)32-28(35)26-23-16-36-15-20(13-18-7-10-22(31)11-8-18)27(23)34(33-26)25-12-9-21(29)14-24(25)30/h2-14,17H,15-16H2,1H3,(H,32,35)/b20-13+/t17-/m1/s1. The van der Waals surface area contributed by atoms with Crippen molar-refractivity contribution in [2.24, 2.45) is 0 Å². The van der Waals surface area contributed by atoms with Crippen molar-refractivity contribution in [2.45, 2.75) is 19.6 Å². The molecule has 1 amide bonds. The minimum Gasteiger partial charge on any atom is -0.372 e. The van der Waals surface area contributed by atoms with E-state index in [1.165, 1.54) is 12.1 Å². The summed E-state index contributed by atoms with van der Waals surface area (Å²) in [6, 6.07) is 20.7. The van der Waals surface area contributed by atoms with Crippen LogP contribution in [-0.4, -0.2) is 22.3 Å². The van der Waals surface area contributed by atoms with Crippen molar-refractivity contribution in [3.05, 3.63) is 117 Å². The number of carbonyl (C=O) groups excluding carboxylic acids is 1. The summed E-state index contributed by atoms with van der Waals surface area (Å²) in [5.74, 6) is -0.639. The van der Waals surface area contributed by atoms with Crippen molar-refractivity contribution >= 4 is 40.8 Å². The number of benzene rings is 3. The average Bonchev–Trinajstić information content (AvgIpc) is 3.26. The van der Waals surface area contributed by atoms with Crippen molar-refractivity contribution in [1.82, 2.24) is 15.1 Å². The first-order valence-electron chi connectivity index (χ1n) is 11.4. The maximum absolute atomic E-state index is 13.5. The lowest BCUT2D eigenvalue weighted by atomic mass is 10.0. The van der Waals surface area contributed by atoms with E-state index in [1.807, 2.05) is 43.3 Å². The molecule has 36 heavy (non-hydrogen) atoms. The number of hydrogen-bond acceptors (Lipinski definition) is 3. The van der Waals surface area contributed by atoms with Gasteiger partial charge in [-0.3, -0.25) is 4.79 Å². The molecule has 0 aliphatic carbocycles. The zero-order chi connectivity index (χ0) is 25.2. The highest BCUT2D eigenvalue weighted by Gasteiger charge is 2.30. The Kier molecular flexibility index (Phi) is 6.92. The normalized spacial score (nSPS) is 14.9. The molecule has 1 atom stereocenters. The Hall–Kier alpha value is -3.45. The Morgan fingerprint density at radius 2 is 1.83 bits per heavy atom. The van der Waals surface area contributed by atoms with Crippen LogP contribution in [0.3, 0.4) is 0 Å². The number of aromatic nitrogens is 2. The highest BCUT2D eigenvalue weighted by molar-refractivity contribution is 6.35. The van der Waals surface area contributed by atoms with Gasteiger partial charge in [-0.25, -0.2) is 9.07 Å². The summed E-state index contributed by atoms with van der Waals surface area (Å²) < 4.78 is 21.0. The first-order chi connectivity index (χ1) is 17.4. The van der Waals surface area contributed by atoms with Crippen molar-refractivity contribution in [3.8, 4) is 5.69 Å². The molecule has 0 saturated carbocycles. The fourth-order valence-electron chi connectivity index (χ4n) is 4.22. The maximum Gasteiger partial charge on any atom is 0.272 e. The molecular formula is C28H22Cl2FN3O2. The summed E-state index contributed by atoms with van der Waals surface area (Å²) in [5, 5.41) is 8.62. The molecule has 0 radical (unpaired) electrons. The average molecular weight is 522 g/mol. The summed E-state index contributed by atoms with van der Waals surface area (Å²) in [4.78, 5) is 13.4. The fraction of sp³-hybridized carbons (Fsp3) is 0.143. The van der Waals surface area contributed by atoms with E-state index in [0.717, 1.165) is 16.7 Å². The number of nitrogens with one attached hydrogen (secondary N) is 1. The number of halogens is 3. The van der Waals surface area contributed by atoms with E-state index in [9.17, 15) is 9.18 Å². The molecule has 1 aliphatic rings. The molecule has 0 spiro atoms. The summed E-state index contributed by atoms with van der Waals surface area (Å²) in [6.07, 6.45) is 1.90. The number of ether oxygens (including phenoxy) is 1. The topological polar surface area (TPSA) is 56.2 Å². The zero-order valence-corrected chi connectivity index (χ0v) is 20.9. The molecule has 0 bridgehead atoms.